The second kappa shape index (κ2) is 5.54. The molecule has 3 nitrogen and oxygen atoms in total. The molecule has 74 valence electrons. The first-order valence-corrected chi connectivity index (χ1v) is 4.87. The smallest absolute Gasteiger partial charge is 0.309 e. The van der Waals surface area contributed by atoms with Gasteiger partial charge >= 0.3 is 5.97 Å². The molecule has 0 N–H and O–H groups in total. The topological polar surface area (TPSA) is 39.2 Å². The summed E-state index contributed by atoms with van der Waals surface area (Å²) in [6, 6.07) is 3.74. The SMILES string of the molecule is COC(=O)CC=Cc1cccnc1Br. The number of rotatable bonds is 3. The zero-order chi connectivity index (χ0) is 10.4. The van der Waals surface area contributed by atoms with Crippen molar-refractivity contribution in [3.63, 3.8) is 0 Å². The monoisotopic (exact) mass is 255 g/mol. The van der Waals surface area contributed by atoms with Crippen molar-refractivity contribution in [1.29, 1.82) is 0 Å². The van der Waals surface area contributed by atoms with Crippen molar-refractivity contribution >= 4 is 28.0 Å². The highest BCUT2D eigenvalue weighted by Gasteiger charge is 1.96. The standard InChI is InChI=1S/C10H10BrNO2/c1-14-9(13)6-2-4-8-5-3-7-12-10(8)11/h2-5,7H,6H2,1H3. The molecule has 0 aliphatic heterocycles. The van der Waals surface area contributed by atoms with E-state index in [1.54, 1.807) is 12.3 Å². The quantitative estimate of drug-likeness (QED) is 0.615. The van der Waals surface area contributed by atoms with Crippen LogP contribution in [0.1, 0.15) is 12.0 Å². The number of aromatic nitrogens is 1. The van der Waals surface area contributed by atoms with Crippen molar-refractivity contribution in [3.05, 3.63) is 34.6 Å². The van der Waals surface area contributed by atoms with E-state index in [-0.39, 0.29) is 12.4 Å². The van der Waals surface area contributed by atoms with Gasteiger partial charge in [0.15, 0.2) is 0 Å². The van der Waals surface area contributed by atoms with E-state index in [2.05, 4.69) is 25.7 Å². The number of ether oxygens (including phenoxy) is 1. The first kappa shape index (κ1) is 10.9. The maximum absolute atomic E-state index is 10.8. The lowest BCUT2D eigenvalue weighted by Crippen LogP contribution is -1.96. The van der Waals surface area contributed by atoms with E-state index < -0.39 is 0 Å². The minimum absolute atomic E-state index is 0.249. The lowest BCUT2D eigenvalue weighted by atomic mass is 10.2. The number of pyridine rings is 1. The maximum Gasteiger partial charge on any atom is 0.309 e. The maximum atomic E-state index is 10.8. The van der Waals surface area contributed by atoms with Gasteiger partial charge in [0, 0.05) is 11.8 Å². The van der Waals surface area contributed by atoms with E-state index in [0.29, 0.717) is 0 Å². The molecule has 0 radical (unpaired) electrons. The zero-order valence-electron chi connectivity index (χ0n) is 7.74. The van der Waals surface area contributed by atoms with Gasteiger partial charge < -0.3 is 4.74 Å². The second-order valence-corrected chi connectivity index (χ2v) is 3.32. The molecule has 0 saturated heterocycles. The molecule has 1 heterocycles. The van der Waals surface area contributed by atoms with Gasteiger partial charge in [0.05, 0.1) is 13.5 Å². The number of methoxy groups -OCH3 is 1. The average Bonchev–Trinajstić information content (AvgIpc) is 2.20. The molecule has 0 fully saturated rings. The summed E-state index contributed by atoms with van der Waals surface area (Å²) in [4.78, 5) is 14.8. The largest absolute Gasteiger partial charge is 0.469 e. The van der Waals surface area contributed by atoms with Gasteiger partial charge in [-0.2, -0.15) is 0 Å². The van der Waals surface area contributed by atoms with Crippen LogP contribution in [-0.2, 0) is 9.53 Å². The predicted octanol–water partition coefficient (Wildman–Crippen LogP) is 2.42. The van der Waals surface area contributed by atoms with Crippen molar-refractivity contribution in [2.24, 2.45) is 0 Å². The third kappa shape index (κ3) is 3.30. The van der Waals surface area contributed by atoms with Crippen LogP contribution in [0.2, 0.25) is 0 Å². The third-order valence-corrected chi connectivity index (χ3v) is 2.26. The van der Waals surface area contributed by atoms with E-state index >= 15 is 0 Å². The summed E-state index contributed by atoms with van der Waals surface area (Å²) in [6.07, 6.45) is 5.54. The highest BCUT2D eigenvalue weighted by molar-refractivity contribution is 9.10. The molecule has 0 aliphatic carbocycles. The van der Waals surface area contributed by atoms with Gasteiger partial charge in [-0.3, -0.25) is 4.79 Å². The molecule has 1 rings (SSSR count). The fourth-order valence-corrected chi connectivity index (χ4v) is 1.27. The number of nitrogens with zero attached hydrogens (tertiary/aromatic N) is 1. The highest BCUT2D eigenvalue weighted by atomic mass is 79.9. The van der Waals surface area contributed by atoms with Crippen molar-refractivity contribution in [1.82, 2.24) is 4.98 Å². The number of halogens is 1. The van der Waals surface area contributed by atoms with Crippen LogP contribution in [0.3, 0.4) is 0 Å². The second-order valence-electron chi connectivity index (χ2n) is 2.57. The predicted molar refractivity (Wildman–Crippen MR) is 57.6 cm³/mol. The normalized spacial score (nSPS) is 10.4. The number of carbonyl (C=O) groups excluding carboxylic acids is 1. The fourth-order valence-electron chi connectivity index (χ4n) is 0.888. The summed E-state index contributed by atoms with van der Waals surface area (Å²) < 4.78 is 5.27. The summed E-state index contributed by atoms with van der Waals surface area (Å²) in [5.74, 6) is -0.249. The van der Waals surface area contributed by atoms with Crippen LogP contribution >= 0.6 is 15.9 Å². The van der Waals surface area contributed by atoms with Crippen LogP contribution < -0.4 is 0 Å². The van der Waals surface area contributed by atoms with Crippen molar-refractivity contribution in [2.75, 3.05) is 7.11 Å². The third-order valence-electron chi connectivity index (χ3n) is 1.60. The summed E-state index contributed by atoms with van der Waals surface area (Å²) in [7, 11) is 1.37. The minimum Gasteiger partial charge on any atom is -0.469 e. The summed E-state index contributed by atoms with van der Waals surface area (Å²) in [5, 5.41) is 0. The molecule has 14 heavy (non-hydrogen) atoms. The Labute approximate surface area is 90.9 Å². The van der Waals surface area contributed by atoms with E-state index in [4.69, 9.17) is 0 Å². The Kier molecular flexibility index (Phi) is 4.32. The van der Waals surface area contributed by atoms with Gasteiger partial charge in [0.1, 0.15) is 4.60 Å². The molecule has 0 bridgehead atoms. The van der Waals surface area contributed by atoms with Gasteiger partial charge in [-0.15, -0.1) is 0 Å². The molecule has 0 spiro atoms. The van der Waals surface area contributed by atoms with Crippen LogP contribution in [-0.4, -0.2) is 18.1 Å². The van der Waals surface area contributed by atoms with Crippen molar-refractivity contribution < 1.29 is 9.53 Å². The summed E-state index contributed by atoms with van der Waals surface area (Å²) >= 11 is 3.30. The van der Waals surface area contributed by atoms with Crippen LogP contribution in [0, 0.1) is 0 Å². The molecule has 0 saturated carbocycles. The zero-order valence-corrected chi connectivity index (χ0v) is 9.32. The van der Waals surface area contributed by atoms with E-state index in [1.807, 2.05) is 18.2 Å². The molecule has 1 aromatic heterocycles. The fraction of sp³-hybridized carbons (Fsp3) is 0.200. The molecule has 1 aromatic rings. The van der Waals surface area contributed by atoms with Gasteiger partial charge in [-0.25, -0.2) is 4.98 Å². The van der Waals surface area contributed by atoms with Crippen LogP contribution in [0.25, 0.3) is 6.08 Å². The van der Waals surface area contributed by atoms with E-state index in [1.165, 1.54) is 7.11 Å². The van der Waals surface area contributed by atoms with Crippen LogP contribution in [0.15, 0.2) is 29.0 Å². The Morgan fingerprint density at radius 3 is 3.14 bits per heavy atom. The molecule has 0 unspecified atom stereocenters. The first-order valence-electron chi connectivity index (χ1n) is 4.08. The average molecular weight is 256 g/mol. The van der Waals surface area contributed by atoms with Gasteiger partial charge in [-0.1, -0.05) is 18.2 Å². The lowest BCUT2D eigenvalue weighted by Gasteiger charge is -1.95. The number of carbonyl (C=O) groups is 1. The Bertz CT molecular complexity index is 350. The molecule has 0 aliphatic rings. The number of esters is 1. The lowest BCUT2D eigenvalue weighted by molar-refractivity contribution is -0.139. The number of hydrogen-bond acceptors (Lipinski definition) is 3. The van der Waals surface area contributed by atoms with Crippen LogP contribution in [0.5, 0.6) is 0 Å². The Hall–Kier alpha value is -1.16. The number of hydrogen-bond donors (Lipinski definition) is 0. The Morgan fingerprint density at radius 1 is 1.71 bits per heavy atom. The van der Waals surface area contributed by atoms with Gasteiger partial charge in [0.2, 0.25) is 0 Å². The van der Waals surface area contributed by atoms with Gasteiger partial charge in [0.25, 0.3) is 0 Å². The van der Waals surface area contributed by atoms with E-state index in [0.717, 1.165) is 10.2 Å². The molecule has 0 atom stereocenters. The summed E-state index contributed by atoms with van der Waals surface area (Å²) in [5.41, 5.74) is 0.941. The van der Waals surface area contributed by atoms with Gasteiger partial charge in [-0.05, 0) is 22.0 Å². The molecule has 0 amide bonds. The molecule has 0 aromatic carbocycles. The summed E-state index contributed by atoms with van der Waals surface area (Å²) in [6.45, 7) is 0. The van der Waals surface area contributed by atoms with E-state index in [9.17, 15) is 4.79 Å². The first-order chi connectivity index (χ1) is 6.74. The Balaban J connectivity index is 2.60. The minimum atomic E-state index is -0.249. The van der Waals surface area contributed by atoms with Crippen molar-refractivity contribution in [2.45, 2.75) is 6.42 Å². The van der Waals surface area contributed by atoms with Crippen LogP contribution in [0.4, 0.5) is 0 Å². The Morgan fingerprint density at radius 2 is 2.50 bits per heavy atom. The highest BCUT2D eigenvalue weighted by Crippen LogP contribution is 2.14. The molecular formula is C10H10BrNO2. The molecular weight excluding hydrogens is 246 g/mol. The molecule has 4 heteroatoms. The van der Waals surface area contributed by atoms with Crippen molar-refractivity contribution in [3.8, 4) is 0 Å².